The number of benzene rings is 2. The third-order valence-corrected chi connectivity index (χ3v) is 16.5. The van der Waals surface area contributed by atoms with Crippen LogP contribution in [0.25, 0.3) is 11.1 Å². The molecule has 6 amide bonds. The van der Waals surface area contributed by atoms with Gasteiger partial charge >= 0.3 is 6.18 Å². The third-order valence-electron chi connectivity index (χ3n) is 16.3. The van der Waals surface area contributed by atoms with Crippen LogP contribution in [0.15, 0.2) is 42.5 Å². The van der Waals surface area contributed by atoms with E-state index in [9.17, 15) is 55.1 Å². The standard InChI is InChI=1S/C54H71ClF6N8O7/c1-32(2)24-40-48(73)67(5)42(26-35-25-36(55)13-16-39(35)33-11-14-38(15-12-33)68-21-19-65(3)20-22-68)47(72)64-51(17-18-51)31-76-23-7-6-8-41(45(70)62-40)66(4)49(74)44(34-9-10-34)63-46(71)43-27-37(56)28-69(43)50(75)52(54(59,60)61)29-53(57,58)30-52/h11-16,25,32,34,37,40-44H,6-10,17-24,26-31H2,1-5H3,(H,62,70)(H,63,71)(H,64,72)/t37-,40+,41+,42+,43+,44+/m1/s1. The lowest BCUT2D eigenvalue weighted by molar-refractivity contribution is -0.299. The molecule has 6 atom stereocenters. The number of carbonyl (C=O) groups is 6. The van der Waals surface area contributed by atoms with Crippen molar-refractivity contribution >= 4 is 52.7 Å². The number of hydrogen-bond donors (Lipinski definition) is 3. The van der Waals surface area contributed by atoms with E-state index in [2.05, 4.69) is 44.9 Å². The van der Waals surface area contributed by atoms with Crippen LogP contribution in [0.3, 0.4) is 0 Å². The Balaban J connectivity index is 1.03. The molecule has 6 aliphatic rings. The van der Waals surface area contributed by atoms with Crippen LogP contribution in [0, 0.1) is 17.3 Å². The van der Waals surface area contributed by atoms with Crippen molar-refractivity contribution < 1.29 is 59.8 Å². The summed E-state index contributed by atoms with van der Waals surface area (Å²) in [4.78, 5) is 94.0. The molecule has 8 rings (SSSR count). The number of carbonyl (C=O) groups excluding carboxylic acids is 6. The van der Waals surface area contributed by atoms with E-state index in [0.717, 1.165) is 47.9 Å². The number of hydrogen-bond acceptors (Lipinski definition) is 9. The lowest BCUT2D eigenvalue weighted by Gasteiger charge is -2.48. The number of rotatable bonds is 12. The van der Waals surface area contributed by atoms with Gasteiger partial charge in [0, 0.05) is 83.3 Å². The number of likely N-dealkylation sites (tertiary alicyclic amines) is 1. The van der Waals surface area contributed by atoms with Crippen molar-refractivity contribution in [2.75, 3.05) is 72.0 Å². The average molecular weight is 1090 g/mol. The van der Waals surface area contributed by atoms with E-state index in [1.165, 1.54) is 19.0 Å². The molecule has 15 nitrogen and oxygen atoms in total. The van der Waals surface area contributed by atoms with Crippen molar-refractivity contribution in [2.24, 2.45) is 17.3 Å². The van der Waals surface area contributed by atoms with Gasteiger partial charge in [-0.2, -0.15) is 13.2 Å². The first-order valence-corrected chi connectivity index (χ1v) is 26.9. The minimum Gasteiger partial charge on any atom is -0.379 e. The largest absolute Gasteiger partial charge is 0.403 e. The number of ether oxygens (including phenoxy) is 1. The van der Waals surface area contributed by atoms with Crippen molar-refractivity contribution in [3.63, 3.8) is 0 Å². The highest BCUT2D eigenvalue weighted by Crippen LogP contribution is 2.61. The van der Waals surface area contributed by atoms with Crippen LogP contribution in [0.5, 0.6) is 0 Å². The number of nitrogens with zero attached hydrogens (tertiary/aromatic N) is 5. The molecule has 3 saturated carbocycles. The summed E-state index contributed by atoms with van der Waals surface area (Å²) in [6, 6.07) is 6.98. The molecular weight excluding hydrogens is 1020 g/mol. The van der Waals surface area contributed by atoms with Gasteiger partial charge in [-0.05, 0) is 111 Å². The van der Waals surface area contributed by atoms with E-state index in [0.29, 0.717) is 54.0 Å². The Hall–Kier alpha value is -5.15. The SMILES string of the molecule is CC(C)C[C@@H]1NC(=O)[C@@H](N(C)C(=O)[C@@H](NC(=O)[C@@H]2C[C@@H](F)CN2C(=O)C2(C(F)(F)F)CC(F)(F)C2)C2CC2)CCCCOCC2(CC2)NC(=O)[C@H](Cc2cc(Cl)ccc2-c2ccc(N3CCN(C)CC3)cc2)N(C)C1=O. The minimum atomic E-state index is -5.41. The van der Waals surface area contributed by atoms with Crippen LogP contribution >= 0.6 is 11.6 Å². The molecule has 6 fully saturated rings. The zero-order valence-electron chi connectivity index (χ0n) is 43.8. The van der Waals surface area contributed by atoms with E-state index < -0.39 is 127 Å². The normalized spacial score (nSPS) is 26.9. The highest BCUT2D eigenvalue weighted by molar-refractivity contribution is 6.30. The molecule has 0 radical (unpaired) electrons. The minimum absolute atomic E-state index is 0.0511. The second-order valence-corrected chi connectivity index (χ2v) is 23.1. The van der Waals surface area contributed by atoms with Crippen LogP contribution in [-0.4, -0.2) is 176 Å². The Bertz CT molecular complexity index is 2480. The van der Waals surface area contributed by atoms with Crippen LogP contribution in [-0.2, 0) is 39.9 Å². The summed E-state index contributed by atoms with van der Waals surface area (Å²) in [6.45, 7) is 6.95. The average Bonchev–Trinajstić information content (AvgIpc) is 4.36. The Labute approximate surface area is 445 Å². The van der Waals surface area contributed by atoms with Crippen LogP contribution < -0.4 is 20.9 Å². The quantitative estimate of drug-likeness (QED) is 0.212. The topological polar surface area (TPSA) is 164 Å². The highest BCUT2D eigenvalue weighted by Gasteiger charge is 2.75. The van der Waals surface area contributed by atoms with Crippen molar-refractivity contribution in [2.45, 2.75) is 145 Å². The summed E-state index contributed by atoms with van der Waals surface area (Å²) in [7, 11) is 4.98. The smallest absolute Gasteiger partial charge is 0.379 e. The van der Waals surface area contributed by atoms with E-state index in [4.69, 9.17) is 16.3 Å². The number of amides is 6. The highest BCUT2D eigenvalue weighted by atomic mass is 35.5. The number of nitrogens with one attached hydrogen (secondary N) is 3. The first-order chi connectivity index (χ1) is 35.8. The maximum atomic E-state index is 15.0. The maximum absolute atomic E-state index is 15.0. The molecule has 3 N–H and O–H groups in total. The summed E-state index contributed by atoms with van der Waals surface area (Å²) >= 11 is 6.66. The van der Waals surface area contributed by atoms with Crippen molar-refractivity contribution in [3.05, 3.63) is 53.1 Å². The third kappa shape index (κ3) is 12.7. The van der Waals surface area contributed by atoms with Gasteiger partial charge in [0.25, 0.3) is 5.92 Å². The van der Waals surface area contributed by atoms with E-state index in [1.807, 2.05) is 32.0 Å². The summed E-state index contributed by atoms with van der Waals surface area (Å²) < 4.78 is 91.9. The van der Waals surface area contributed by atoms with E-state index >= 15 is 0 Å². The predicted molar refractivity (Wildman–Crippen MR) is 272 cm³/mol. The molecule has 76 heavy (non-hydrogen) atoms. The van der Waals surface area contributed by atoms with Gasteiger partial charge in [0.1, 0.15) is 36.4 Å². The van der Waals surface area contributed by atoms with Gasteiger partial charge in [0.2, 0.25) is 35.4 Å². The molecule has 2 aromatic carbocycles. The molecular formula is C54H71ClF6N8O7. The zero-order chi connectivity index (χ0) is 55.1. The van der Waals surface area contributed by atoms with Crippen LogP contribution in [0.4, 0.5) is 32.0 Å². The number of piperazine rings is 1. The van der Waals surface area contributed by atoms with Gasteiger partial charge in [0.15, 0.2) is 5.41 Å². The summed E-state index contributed by atoms with van der Waals surface area (Å²) in [5.41, 5.74) is -0.649. The van der Waals surface area contributed by atoms with Gasteiger partial charge < -0.3 is 45.2 Å². The van der Waals surface area contributed by atoms with Gasteiger partial charge in [-0.15, -0.1) is 0 Å². The summed E-state index contributed by atoms with van der Waals surface area (Å²) in [5, 5.41) is 9.09. The fourth-order valence-corrected chi connectivity index (χ4v) is 11.5. The van der Waals surface area contributed by atoms with Crippen molar-refractivity contribution in [1.82, 2.24) is 35.6 Å². The van der Waals surface area contributed by atoms with Crippen LogP contribution in [0.2, 0.25) is 5.02 Å². The predicted octanol–water partition coefficient (Wildman–Crippen LogP) is 6.15. The fraction of sp³-hybridized carbons (Fsp3) is 0.667. The molecule has 3 saturated heterocycles. The van der Waals surface area contributed by atoms with E-state index in [1.54, 1.807) is 12.1 Å². The lowest BCUT2D eigenvalue weighted by atomic mass is 9.64. The molecule has 0 unspecified atom stereocenters. The molecule has 3 aliphatic heterocycles. The number of alkyl halides is 6. The summed E-state index contributed by atoms with van der Waals surface area (Å²) in [6.07, 6.45) is -8.46. The van der Waals surface area contributed by atoms with Crippen LogP contribution in [0.1, 0.15) is 90.0 Å². The lowest BCUT2D eigenvalue weighted by Crippen LogP contribution is -2.65. The molecule has 0 bridgehead atoms. The van der Waals surface area contributed by atoms with Gasteiger partial charge in [-0.1, -0.05) is 43.6 Å². The molecule has 3 aliphatic carbocycles. The number of likely N-dealkylation sites (N-methyl/N-ethyl adjacent to an activating group) is 3. The Morgan fingerprint density at radius 1 is 0.934 bits per heavy atom. The van der Waals surface area contributed by atoms with Gasteiger partial charge in [0.05, 0.1) is 18.7 Å². The van der Waals surface area contributed by atoms with Crippen molar-refractivity contribution in [3.8, 4) is 11.1 Å². The fourth-order valence-electron chi connectivity index (χ4n) is 11.3. The second-order valence-electron chi connectivity index (χ2n) is 22.7. The number of anilines is 1. The van der Waals surface area contributed by atoms with E-state index in [-0.39, 0.29) is 38.4 Å². The van der Waals surface area contributed by atoms with Gasteiger partial charge in [-0.3, -0.25) is 28.8 Å². The Kier molecular flexibility index (Phi) is 17.0. The monoisotopic (exact) mass is 1090 g/mol. The Morgan fingerprint density at radius 2 is 1.61 bits per heavy atom. The molecule has 418 valence electrons. The summed E-state index contributed by atoms with van der Waals surface area (Å²) in [5.74, 6) is -9.79. The van der Waals surface area contributed by atoms with Gasteiger partial charge in [-0.25, -0.2) is 13.2 Å². The molecule has 22 heteroatoms. The molecule has 0 aromatic heterocycles. The zero-order valence-corrected chi connectivity index (χ0v) is 44.6. The number of halogens is 7. The van der Waals surface area contributed by atoms with Crippen molar-refractivity contribution in [1.29, 1.82) is 0 Å². The first kappa shape index (κ1) is 57.0. The molecule has 1 spiro atoms. The molecule has 3 heterocycles. The maximum Gasteiger partial charge on any atom is 0.403 e. The second kappa shape index (κ2) is 22.7. The molecule has 2 aromatic rings. The Morgan fingerprint density at radius 3 is 2.21 bits per heavy atom. The first-order valence-electron chi connectivity index (χ1n) is 26.6.